The summed E-state index contributed by atoms with van der Waals surface area (Å²) in [6, 6.07) is 4.35. The van der Waals surface area contributed by atoms with Crippen LogP contribution in [0.15, 0.2) is 24.3 Å². The van der Waals surface area contributed by atoms with Crippen LogP contribution in [0.3, 0.4) is 0 Å². The minimum absolute atomic E-state index is 0.0231. The fraction of sp³-hybridized carbons (Fsp3) is 0.632. The second kappa shape index (κ2) is 7.96. The molecule has 2 aliphatic rings. The largest absolute Gasteiger partial charge is 0.416 e. The summed E-state index contributed by atoms with van der Waals surface area (Å²) in [6.45, 7) is 4.00. The number of likely N-dealkylation sites (tertiary alicyclic amines) is 2. The average molecular weight is 370 g/mol. The first-order valence-electron chi connectivity index (χ1n) is 9.18. The van der Waals surface area contributed by atoms with E-state index < -0.39 is 11.7 Å². The SMILES string of the molecule is O=C(c1ccc(C(F)(F)F)cc1)N1C[C@@H](CO)[C@@H](CN2CCCCC2)C1. The minimum atomic E-state index is -4.41. The Morgan fingerprint density at radius 3 is 2.23 bits per heavy atom. The molecule has 1 N–H and O–H groups in total. The van der Waals surface area contributed by atoms with Crippen LogP contribution in [0.5, 0.6) is 0 Å². The Hall–Kier alpha value is -1.60. The zero-order chi connectivity index (χ0) is 18.7. The molecule has 2 atom stereocenters. The zero-order valence-electron chi connectivity index (χ0n) is 14.7. The van der Waals surface area contributed by atoms with E-state index in [-0.39, 0.29) is 29.9 Å². The molecular weight excluding hydrogens is 345 g/mol. The zero-order valence-corrected chi connectivity index (χ0v) is 14.7. The van der Waals surface area contributed by atoms with Gasteiger partial charge < -0.3 is 14.9 Å². The highest BCUT2D eigenvalue weighted by Crippen LogP contribution is 2.30. The summed E-state index contributed by atoms with van der Waals surface area (Å²) in [5.41, 5.74) is -0.500. The molecule has 0 unspecified atom stereocenters. The quantitative estimate of drug-likeness (QED) is 0.886. The smallest absolute Gasteiger partial charge is 0.396 e. The highest BCUT2D eigenvalue weighted by molar-refractivity contribution is 5.94. The first-order valence-corrected chi connectivity index (χ1v) is 9.18. The van der Waals surface area contributed by atoms with Crippen molar-refractivity contribution in [3.05, 3.63) is 35.4 Å². The summed E-state index contributed by atoms with van der Waals surface area (Å²) >= 11 is 0. The summed E-state index contributed by atoms with van der Waals surface area (Å²) in [5.74, 6) is -0.0369. The monoisotopic (exact) mass is 370 g/mol. The van der Waals surface area contributed by atoms with Crippen LogP contribution in [0, 0.1) is 11.8 Å². The fourth-order valence-electron chi connectivity index (χ4n) is 3.98. The molecule has 4 nitrogen and oxygen atoms in total. The van der Waals surface area contributed by atoms with E-state index in [1.807, 2.05) is 0 Å². The molecule has 3 rings (SSSR count). The molecule has 1 aromatic rings. The predicted molar refractivity (Wildman–Crippen MR) is 91.7 cm³/mol. The van der Waals surface area contributed by atoms with Gasteiger partial charge in [-0.3, -0.25) is 4.79 Å². The number of carbonyl (C=O) groups excluding carboxylic acids is 1. The van der Waals surface area contributed by atoms with Gasteiger partial charge in [-0.2, -0.15) is 13.2 Å². The van der Waals surface area contributed by atoms with E-state index in [2.05, 4.69) is 4.90 Å². The first-order chi connectivity index (χ1) is 12.4. The molecule has 0 aliphatic carbocycles. The highest BCUT2D eigenvalue weighted by Gasteiger charge is 2.36. The van der Waals surface area contributed by atoms with E-state index in [1.165, 1.54) is 31.4 Å². The van der Waals surface area contributed by atoms with Crippen LogP contribution in [-0.2, 0) is 6.18 Å². The van der Waals surface area contributed by atoms with Crippen LogP contribution in [-0.4, -0.2) is 60.1 Å². The topological polar surface area (TPSA) is 43.8 Å². The Morgan fingerprint density at radius 1 is 1.04 bits per heavy atom. The number of nitrogens with zero attached hydrogens (tertiary/aromatic N) is 2. The van der Waals surface area contributed by atoms with Crippen molar-refractivity contribution in [2.45, 2.75) is 25.4 Å². The molecule has 2 fully saturated rings. The Bertz CT molecular complexity index is 612. The van der Waals surface area contributed by atoms with E-state index in [1.54, 1.807) is 4.90 Å². The van der Waals surface area contributed by atoms with Crippen molar-refractivity contribution in [2.75, 3.05) is 39.3 Å². The average Bonchev–Trinajstić information content (AvgIpc) is 3.04. The molecule has 7 heteroatoms. The Balaban J connectivity index is 1.64. The van der Waals surface area contributed by atoms with E-state index in [4.69, 9.17) is 0 Å². The van der Waals surface area contributed by atoms with Crippen LogP contribution in [0.1, 0.15) is 35.2 Å². The van der Waals surface area contributed by atoms with Gasteiger partial charge in [-0.15, -0.1) is 0 Å². The molecule has 1 aromatic carbocycles. The third-order valence-electron chi connectivity index (χ3n) is 5.50. The van der Waals surface area contributed by atoms with Gasteiger partial charge in [-0.1, -0.05) is 6.42 Å². The molecule has 0 aromatic heterocycles. The third-order valence-corrected chi connectivity index (χ3v) is 5.50. The van der Waals surface area contributed by atoms with E-state index in [0.29, 0.717) is 13.1 Å². The fourth-order valence-corrected chi connectivity index (χ4v) is 3.98. The molecule has 26 heavy (non-hydrogen) atoms. The molecule has 0 bridgehead atoms. The highest BCUT2D eigenvalue weighted by atomic mass is 19.4. The molecule has 2 saturated heterocycles. The van der Waals surface area contributed by atoms with Gasteiger partial charge in [0.1, 0.15) is 0 Å². The van der Waals surface area contributed by atoms with Gasteiger partial charge in [0.05, 0.1) is 5.56 Å². The maximum Gasteiger partial charge on any atom is 0.416 e. The number of amides is 1. The van der Waals surface area contributed by atoms with Gasteiger partial charge in [0, 0.05) is 37.7 Å². The molecule has 0 saturated carbocycles. The minimum Gasteiger partial charge on any atom is -0.396 e. The summed E-state index contributed by atoms with van der Waals surface area (Å²) in [4.78, 5) is 16.7. The summed E-state index contributed by atoms with van der Waals surface area (Å²) in [5, 5.41) is 9.68. The second-order valence-electron chi connectivity index (χ2n) is 7.35. The van der Waals surface area contributed by atoms with Crippen molar-refractivity contribution < 1.29 is 23.1 Å². The number of hydrogen-bond donors (Lipinski definition) is 1. The van der Waals surface area contributed by atoms with Crippen LogP contribution < -0.4 is 0 Å². The van der Waals surface area contributed by atoms with Crippen LogP contribution in [0.25, 0.3) is 0 Å². The summed E-state index contributed by atoms with van der Waals surface area (Å²) < 4.78 is 38.0. The van der Waals surface area contributed by atoms with Crippen molar-refractivity contribution in [3.8, 4) is 0 Å². The number of halogens is 3. The summed E-state index contributed by atoms with van der Waals surface area (Å²) in [7, 11) is 0. The lowest BCUT2D eigenvalue weighted by Gasteiger charge is -2.30. The van der Waals surface area contributed by atoms with Crippen LogP contribution in [0.4, 0.5) is 13.2 Å². The number of piperidine rings is 1. The number of hydrogen-bond acceptors (Lipinski definition) is 3. The molecule has 144 valence electrons. The number of benzene rings is 1. The van der Waals surface area contributed by atoms with E-state index >= 15 is 0 Å². The molecule has 0 radical (unpaired) electrons. The van der Waals surface area contributed by atoms with Gasteiger partial charge in [-0.25, -0.2) is 0 Å². The molecule has 1 amide bonds. The molecule has 0 spiro atoms. The number of alkyl halides is 3. The number of rotatable bonds is 4. The van der Waals surface area contributed by atoms with Crippen molar-refractivity contribution in [1.29, 1.82) is 0 Å². The van der Waals surface area contributed by atoms with Crippen molar-refractivity contribution in [1.82, 2.24) is 9.80 Å². The molecule has 2 heterocycles. The van der Waals surface area contributed by atoms with Crippen molar-refractivity contribution in [2.24, 2.45) is 11.8 Å². The maximum absolute atomic E-state index is 12.7. The lowest BCUT2D eigenvalue weighted by molar-refractivity contribution is -0.137. The molecular formula is C19H25F3N2O2. The lowest BCUT2D eigenvalue weighted by Crippen LogP contribution is -2.37. The van der Waals surface area contributed by atoms with Crippen LogP contribution >= 0.6 is 0 Å². The Morgan fingerprint density at radius 2 is 1.65 bits per heavy atom. The third kappa shape index (κ3) is 4.38. The standard InChI is InChI=1S/C19H25F3N2O2/c20-19(21,22)17-6-4-14(5-7-17)18(26)24-11-15(16(12-24)13-25)10-23-8-2-1-3-9-23/h4-7,15-16,25H,1-3,8-13H2/t15-,16-/m0/s1. The first kappa shape index (κ1) is 19.2. The Labute approximate surface area is 151 Å². The van der Waals surface area contributed by atoms with Gasteiger partial charge in [0.15, 0.2) is 0 Å². The maximum atomic E-state index is 12.7. The second-order valence-corrected chi connectivity index (χ2v) is 7.35. The van der Waals surface area contributed by atoms with Crippen LogP contribution in [0.2, 0.25) is 0 Å². The Kier molecular flexibility index (Phi) is 5.87. The van der Waals surface area contributed by atoms with E-state index in [0.717, 1.165) is 31.8 Å². The number of aliphatic hydroxyl groups is 1. The van der Waals surface area contributed by atoms with Gasteiger partial charge >= 0.3 is 6.18 Å². The predicted octanol–water partition coefficient (Wildman–Crippen LogP) is 2.87. The van der Waals surface area contributed by atoms with Gasteiger partial charge in [-0.05, 0) is 56.1 Å². The summed E-state index contributed by atoms with van der Waals surface area (Å²) in [6.07, 6.45) is -0.782. The molecule has 2 aliphatic heterocycles. The lowest BCUT2D eigenvalue weighted by atomic mass is 9.95. The van der Waals surface area contributed by atoms with Crippen molar-refractivity contribution >= 4 is 5.91 Å². The number of aliphatic hydroxyl groups excluding tert-OH is 1. The normalized spacial score (nSPS) is 24.8. The van der Waals surface area contributed by atoms with Gasteiger partial charge in [0.2, 0.25) is 0 Å². The van der Waals surface area contributed by atoms with E-state index in [9.17, 15) is 23.1 Å². The van der Waals surface area contributed by atoms with Crippen molar-refractivity contribution in [3.63, 3.8) is 0 Å². The van der Waals surface area contributed by atoms with Gasteiger partial charge in [0.25, 0.3) is 5.91 Å². The number of carbonyl (C=O) groups is 1.